The molecule has 1 amide bonds. The smallest absolute Gasteiger partial charge is 0.270 e. The van der Waals surface area contributed by atoms with Crippen molar-refractivity contribution in [3.63, 3.8) is 0 Å². The fourth-order valence-corrected chi connectivity index (χ4v) is 6.77. The number of nitro benzene ring substituents is 1. The molecule has 1 aromatic heterocycles. The minimum atomic E-state index is -3.68. The number of sulfonamides is 1. The molecule has 0 saturated carbocycles. The summed E-state index contributed by atoms with van der Waals surface area (Å²) >= 11 is 1.21. The summed E-state index contributed by atoms with van der Waals surface area (Å²) in [6.45, 7) is 3.69. The largest absolute Gasteiger partial charge is 0.497 e. The molecule has 2 heterocycles. The molecule has 1 aliphatic rings. The highest BCUT2D eigenvalue weighted by Gasteiger charge is 2.32. The fourth-order valence-electron chi connectivity index (χ4n) is 4.20. The van der Waals surface area contributed by atoms with Gasteiger partial charge in [0.25, 0.3) is 11.6 Å². The first-order valence-electron chi connectivity index (χ1n) is 11.8. The van der Waals surface area contributed by atoms with Crippen molar-refractivity contribution in [1.82, 2.24) is 8.87 Å². The Morgan fingerprint density at radius 2 is 1.89 bits per heavy atom. The number of carbonyl (C=O) groups excluding carboxylic acids is 1. The van der Waals surface area contributed by atoms with Crippen molar-refractivity contribution in [2.24, 2.45) is 10.9 Å². The normalized spacial score (nSPS) is 15.8. The SMILES string of the molecule is CCOCCn1c(=NC(=O)C2CCN(S(=O)(=O)c3ccc(OC)cc3)CC2)sc2cc([N+](=O)[O-])ccc21. The van der Waals surface area contributed by atoms with Crippen LogP contribution in [0.5, 0.6) is 5.75 Å². The molecule has 0 bridgehead atoms. The van der Waals surface area contributed by atoms with Crippen molar-refractivity contribution < 1.29 is 27.6 Å². The lowest BCUT2D eigenvalue weighted by Gasteiger charge is -2.29. The third-order valence-electron chi connectivity index (χ3n) is 6.25. The number of amides is 1. The van der Waals surface area contributed by atoms with E-state index in [-0.39, 0.29) is 29.6 Å². The van der Waals surface area contributed by atoms with Crippen molar-refractivity contribution in [3.8, 4) is 5.75 Å². The lowest BCUT2D eigenvalue weighted by atomic mass is 9.98. The van der Waals surface area contributed by atoms with Crippen LogP contribution < -0.4 is 9.54 Å². The van der Waals surface area contributed by atoms with Crippen LogP contribution in [0.15, 0.2) is 52.4 Å². The van der Waals surface area contributed by atoms with Gasteiger partial charge in [0.05, 0.1) is 33.8 Å². The second-order valence-corrected chi connectivity index (χ2v) is 11.4. The van der Waals surface area contributed by atoms with E-state index in [2.05, 4.69) is 4.99 Å². The third-order valence-corrected chi connectivity index (χ3v) is 9.20. The first kappa shape index (κ1) is 26.9. The zero-order valence-corrected chi connectivity index (χ0v) is 22.2. The number of fused-ring (bicyclic) bond motifs is 1. The first-order valence-corrected chi connectivity index (χ1v) is 14.1. The molecule has 0 radical (unpaired) electrons. The molecule has 4 rings (SSSR count). The summed E-state index contributed by atoms with van der Waals surface area (Å²) in [6, 6.07) is 10.8. The Morgan fingerprint density at radius 3 is 2.51 bits per heavy atom. The third kappa shape index (κ3) is 5.90. The van der Waals surface area contributed by atoms with Crippen LogP contribution in [0.1, 0.15) is 19.8 Å². The van der Waals surface area contributed by atoms with Gasteiger partial charge >= 0.3 is 0 Å². The molecule has 13 heteroatoms. The van der Waals surface area contributed by atoms with Crippen LogP contribution in [0.25, 0.3) is 10.2 Å². The minimum absolute atomic E-state index is 0.0333. The van der Waals surface area contributed by atoms with Crippen LogP contribution in [0.3, 0.4) is 0 Å². The molecule has 0 spiro atoms. The van der Waals surface area contributed by atoms with Crippen molar-refractivity contribution in [3.05, 3.63) is 57.4 Å². The monoisotopic (exact) mass is 548 g/mol. The number of thiazole rings is 1. The highest BCUT2D eigenvalue weighted by Crippen LogP contribution is 2.27. The molecule has 0 atom stereocenters. The maximum atomic E-state index is 13.1. The molecule has 0 N–H and O–H groups in total. The maximum Gasteiger partial charge on any atom is 0.270 e. The van der Waals surface area contributed by atoms with Crippen LogP contribution in [0, 0.1) is 16.0 Å². The summed E-state index contributed by atoms with van der Waals surface area (Å²) in [5, 5.41) is 11.2. The van der Waals surface area contributed by atoms with Crippen LogP contribution >= 0.6 is 11.3 Å². The quantitative estimate of drug-likeness (QED) is 0.228. The molecular weight excluding hydrogens is 520 g/mol. The van der Waals surface area contributed by atoms with E-state index in [1.807, 2.05) is 11.5 Å². The Bertz CT molecular complexity index is 1450. The van der Waals surface area contributed by atoms with Gasteiger partial charge in [0.1, 0.15) is 5.75 Å². The molecule has 0 unspecified atom stereocenters. The van der Waals surface area contributed by atoms with Crippen molar-refractivity contribution in [1.29, 1.82) is 0 Å². The van der Waals surface area contributed by atoms with Gasteiger partial charge in [-0.25, -0.2) is 8.42 Å². The number of hydrogen-bond donors (Lipinski definition) is 0. The molecule has 2 aromatic carbocycles. The highest BCUT2D eigenvalue weighted by molar-refractivity contribution is 7.89. The van der Waals surface area contributed by atoms with Crippen LogP contribution in [-0.2, 0) is 26.1 Å². The highest BCUT2D eigenvalue weighted by atomic mass is 32.2. The van der Waals surface area contributed by atoms with E-state index in [4.69, 9.17) is 9.47 Å². The van der Waals surface area contributed by atoms with Gasteiger partial charge in [-0.1, -0.05) is 11.3 Å². The number of ether oxygens (including phenoxy) is 2. The summed E-state index contributed by atoms with van der Waals surface area (Å²) < 4.78 is 40.5. The van der Waals surface area contributed by atoms with E-state index in [9.17, 15) is 23.3 Å². The van der Waals surface area contributed by atoms with Gasteiger partial charge in [-0.2, -0.15) is 9.30 Å². The molecule has 0 aliphatic carbocycles. The number of nitrogens with zero attached hydrogens (tertiary/aromatic N) is 4. The van der Waals surface area contributed by atoms with Crippen molar-refractivity contribution in [2.75, 3.05) is 33.4 Å². The molecule has 198 valence electrons. The molecule has 1 aliphatic heterocycles. The number of carbonyl (C=O) groups is 1. The second-order valence-electron chi connectivity index (χ2n) is 8.45. The minimum Gasteiger partial charge on any atom is -0.497 e. The molecule has 1 saturated heterocycles. The van der Waals surface area contributed by atoms with Gasteiger partial charge < -0.3 is 14.0 Å². The number of benzene rings is 2. The van der Waals surface area contributed by atoms with E-state index < -0.39 is 20.9 Å². The number of nitro groups is 1. The van der Waals surface area contributed by atoms with E-state index in [1.54, 1.807) is 18.2 Å². The van der Waals surface area contributed by atoms with Gasteiger partial charge in [-0.05, 0) is 50.1 Å². The van der Waals surface area contributed by atoms with E-state index >= 15 is 0 Å². The van der Waals surface area contributed by atoms with Gasteiger partial charge in [0.15, 0.2) is 4.80 Å². The molecule has 37 heavy (non-hydrogen) atoms. The van der Waals surface area contributed by atoms with Crippen LogP contribution in [0.4, 0.5) is 5.69 Å². The molecule has 3 aromatic rings. The number of hydrogen-bond acceptors (Lipinski definition) is 8. The Morgan fingerprint density at radius 1 is 1.19 bits per heavy atom. The average molecular weight is 549 g/mol. The summed E-state index contributed by atoms with van der Waals surface area (Å²) in [7, 11) is -2.16. The summed E-state index contributed by atoms with van der Waals surface area (Å²) in [6.07, 6.45) is 0.708. The van der Waals surface area contributed by atoms with Gasteiger partial charge in [0, 0.05) is 44.3 Å². The summed E-state index contributed by atoms with van der Waals surface area (Å²) in [4.78, 5) is 28.8. The van der Waals surface area contributed by atoms with E-state index in [0.29, 0.717) is 47.9 Å². The molecule has 1 fully saturated rings. The Labute approximate surface area is 218 Å². The van der Waals surface area contributed by atoms with Crippen molar-refractivity contribution in [2.45, 2.75) is 31.2 Å². The zero-order chi connectivity index (χ0) is 26.6. The molecule has 11 nitrogen and oxygen atoms in total. The predicted octanol–water partition coefficient (Wildman–Crippen LogP) is 3.18. The number of non-ortho nitro benzene ring substituents is 1. The first-order chi connectivity index (χ1) is 17.7. The van der Waals surface area contributed by atoms with E-state index in [0.717, 1.165) is 5.52 Å². The van der Waals surface area contributed by atoms with Gasteiger partial charge in [-0.3, -0.25) is 14.9 Å². The predicted molar refractivity (Wildman–Crippen MR) is 138 cm³/mol. The Hall–Kier alpha value is -3.13. The molecular formula is C24H28N4O7S2. The zero-order valence-electron chi connectivity index (χ0n) is 20.5. The number of piperidine rings is 1. The fraction of sp³-hybridized carbons (Fsp3) is 0.417. The lowest BCUT2D eigenvalue weighted by molar-refractivity contribution is -0.384. The average Bonchev–Trinajstić information content (AvgIpc) is 3.24. The van der Waals surface area contributed by atoms with E-state index in [1.165, 1.54) is 47.0 Å². The van der Waals surface area contributed by atoms with Gasteiger partial charge in [0.2, 0.25) is 10.0 Å². The van der Waals surface area contributed by atoms with Gasteiger partial charge in [-0.15, -0.1) is 0 Å². The maximum absolute atomic E-state index is 13.1. The van der Waals surface area contributed by atoms with Crippen LogP contribution in [-0.4, -0.2) is 61.5 Å². The second kappa shape index (κ2) is 11.5. The standard InChI is InChI=1S/C24H28N4O7S2/c1-3-35-15-14-27-21-9-4-18(28(30)31)16-22(21)36-24(27)25-23(29)17-10-12-26(13-11-17)37(32,33)20-7-5-19(34-2)6-8-20/h4-9,16-17H,3,10-15H2,1-2H3. The number of rotatable bonds is 9. The van der Waals surface area contributed by atoms with Crippen molar-refractivity contribution >= 4 is 43.2 Å². The summed E-state index contributed by atoms with van der Waals surface area (Å²) in [5.74, 6) is -0.172. The number of methoxy groups -OCH3 is 1. The number of aromatic nitrogens is 1. The van der Waals surface area contributed by atoms with Crippen LogP contribution in [0.2, 0.25) is 0 Å². The Kier molecular flexibility index (Phi) is 8.37. The summed E-state index contributed by atoms with van der Waals surface area (Å²) in [5.41, 5.74) is 0.705. The topological polar surface area (TPSA) is 133 Å². The lowest BCUT2D eigenvalue weighted by Crippen LogP contribution is -2.40. The Balaban J connectivity index is 1.53.